The Morgan fingerprint density at radius 1 is 1.11 bits per heavy atom. The summed E-state index contributed by atoms with van der Waals surface area (Å²) in [6, 6.07) is 9.81. The molecule has 2 aromatic carbocycles. The van der Waals surface area contributed by atoms with Gasteiger partial charge in [-0.25, -0.2) is 14.2 Å². The number of nitrogens with zero attached hydrogens (tertiary/aromatic N) is 2. The summed E-state index contributed by atoms with van der Waals surface area (Å²) in [4.78, 5) is 18.4. The first-order valence-corrected chi connectivity index (χ1v) is 9.33. The van der Waals surface area contributed by atoms with Gasteiger partial charge in [0.15, 0.2) is 11.6 Å². The highest BCUT2D eigenvalue weighted by Gasteiger charge is 2.19. The zero-order valence-electron chi connectivity index (χ0n) is 15.6. The van der Waals surface area contributed by atoms with Crippen molar-refractivity contribution in [2.45, 2.75) is 19.3 Å². The summed E-state index contributed by atoms with van der Waals surface area (Å²) in [5.74, 6) is -0.461. The summed E-state index contributed by atoms with van der Waals surface area (Å²) >= 11 is 0. The van der Waals surface area contributed by atoms with Gasteiger partial charge in [0.2, 0.25) is 0 Å². The molecule has 4 rings (SSSR count). The summed E-state index contributed by atoms with van der Waals surface area (Å²) in [6.45, 7) is 1.80. The van der Waals surface area contributed by atoms with E-state index in [1.54, 1.807) is 36.5 Å². The maximum absolute atomic E-state index is 14.2. The Morgan fingerprint density at radius 3 is 2.57 bits per heavy atom. The Bertz CT molecular complexity index is 1050. The monoisotopic (exact) mass is 380 g/mol. The molecule has 0 aliphatic carbocycles. The van der Waals surface area contributed by atoms with Gasteiger partial charge in [-0.1, -0.05) is 12.1 Å². The van der Waals surface area contributed by atoms with E-state index in [9.17, 15) is 14.3 Å². The lowest BCUT2D eigenvalue weighted by molar-refractivity contribution is 0.0697. The second kappa shape index (κ2) is 7.46. The van der Waals surface area contributed by atoms with Gasteiger partial charge in [0.1, 0.15) is 5.82 Å². The minimum absolute atomic E-state index is 0.180. The Labute approximate surface area is 162 Å². The van der Waals surface area contributed by atoms with Crippen molar-refractivity contribution in [2.24, 2.45) is 0 Å². The van der Waals surface area contributed by atoms with Crippen molar-refractivity contribution in [1.29, 1.82) is 0 Å². The van der Waals surface area contributed by atoms with Gasteiger partial charge in [0.25, 0.3) is 0 Å². The highest BCUT2D eigenvalue weighted by atomic mass is 19.1. The number of hydrogen-bond acceptors (Lipinski definition) is 4. The lowest BCUT2D eigenvalue weighted by Crippen LogP contribution is -2.30. The molecule has 0 saturated carbocycles. The van der Waals surface area contributed by atoms with Crippen LogP contribution in [0.25, 0.3) is 21.9 Å². The first kappa shape index (κ1) is 18.2. The number of rotatable bonds is 4. The van der Waals surface area contributed by atoms with Crippen LogP contribution in [0.15, 0.2) is 42.6 Å². The van der Waals surface area contributed by atoms with Gasteiger partial charge < -0.3 is 14.7 Å². The molecule has 5 nitrogen and oxygen atoms in total. The van der Waals surface area contributed by atoms with Crippen LogP contribution in [0.1, 0.15) is 29.6 Å². The molecule has 0 radical (unpaired) electrons. The Morgan fingerprint density at radius 2 is 1.89 bits per heavy atom. The third kappa shape index (κ3) is 3.26. The van der Waals surface area contributed by atoms with Crippen LogP contribution in [-0.4, -0.2) is 36.3 Å². The summed E-state index contributed by atoms with van der Waals surface area (Å²) in [5.41, 5.74) is 1.64. The lowest BCUT2D eigenvalue weighted by atomic mass is 9.98. The van der Waals surface area contributed by atoms with Crippen molar-refractivity contribution in [2.75, 3.05) is 25.1 Å². The summed E-state index contributed by atoms with van der Waals surface area (Å²) in [5, 5.41) is 11.1. The number of pyridine rings is 1. The number of aromatic nitrogens is 1. The van der Waals surface area contributed by atoms with Crippen LogP contribution in [-0.2, 0) is 0 Å². The summed E-state index contributed by atoms with van der Waals surface area (Å²) in [6.07, 6.45) is 5.12. The third-order valence-corrected chi connectivity index (χ3v) is 5.23. The van der Waals surface area contributed by atoms with Gasteiger partial charge in [-0.2, -0.15) is 0 Å². The highest BCUT2D eigenvalue weighted by Crippen LogP contribution is 2.36. The Kier molecular flexibility index (Phi) is 4.86. The second-order valence-corrected chi connectivity index (χ2v) is 6.96. The molecule has 1 N–H and O–H groups in total. The average molecular weight is 380 g/mol. The van der Waals surface area contributed by atoms with Crippen molar-refractivity contribution in [3.63, 3.8) is 0 Å². The molecule has 0 unspecified atom stereocenters. The largest absolute Gasteiger partial charge is 0.494 e. The molecule has 0 spiro atoms. The molecule has 0 amide bonds. The van der Waals surface area contributed by atoms with Gasteiger partial charge in [0, 0.05) is 30.2 Å². The lowest BCUT2D eigenvalue weighted by Gasteiger charge is -2.29. The standard InChI is InChI=1S/C22H21FN2O3/c1-28-20-8-6-14(12-19(20)23)18-13-24-21(25-9-3-2-4-10-25)17-11-15(22(26)27)5-7-16(17)18/h5-8,11-13H,2-4,9-10H2,1H3,(H,26,27). The topological polar surface area (TPSA) is 62.7 Å². The number of anilines is 1. The molecule has 0 bridgehead atoms. The zero-order chi connectivity index (χ0) is 19.7. The first-order chi connectivity index (χ1) is 13.6. The van der Waals surface area contributed by atoms with E-state index in [4.69, 9.17) is 4.74 Å². The minimum atomic E-state index is -0.979. The second-order valence-electron chi connectivity index (χ2n) is 6.96. The number of halogens is 1. The number of benzene rings is 2. The van der Waals surface area contributed by atoms with Crippen LogP contribution in [0.2, 0.25) is 0 Å². The van der Waals surface area contributed by atoms with Gasteiger partial charge in [-0.15, -0.1) is 0 Å². The fraction of sp³-hybridized carbons (Fsp3) is 0.273. The normalized spacial score (nSPS) is 14.3. The van der Waals surface area contributed by atoms with Crippen molar-refractivity contribution in [3.05, 3.63) is 54.0 Å². The van der Waals surface area contributed by atoms with Crippen LogP contribution in [0.4, 0.5) is 10.2 Å². The number of piperidine rings is 1. The Hall–Kier alpha value is -3.15. The van der Waals surface area contributed by atoms with Crippen molar-refractivity contribution in [3.8, 4) is 16.9 Å². The maximum atomic E-state index is 14.2. The predicted molar refractivity (Wildman–Crippen MR) is 107 cm³/mol. The van der Waals surface area contributed by atoms with E-state index in [-0.39, 0.29) is 11.3 Å². The fourth-order valence-electron chi connectivity index (χ4n) is 3.78. The van der Waals surface area contributed by atoms with Crippen molar-refractivity contribution < 1.29 is 19.0 Å². The van der Waals surface area contributed by atoms with E-state index in [2.05, 4.69) is 9.88 Å². The van der Waals surface area contributed by atoms with E-state index >= 15 is 0 Å². The predicted octanol–water partition coefficient (Wildman–Crippen LogP) is 4.74. The molecular formula is C22H21FN2O3. The van der Waals surface area contributed by atoms with Crippen molar-refractivity contribution >= 4 is 22.6 Å². The fourth-order valence-corrected chi connectivity index (χ4v) is 3.78. The third-order valence-electron chi connectivity index (χ3n) is 5.23. The quantitative estimate of drug-likeness (QED) is 0.708. The van der Waals surface area contributed by atoms with Crippen LogP contribution >= 0.6 is 0 Å². The minimum Gasteiger partial charge on any atom is -0.494 e. The number of ether oxygens (including phenoxy) is 1. The van der Waals surface area contributed by atoms with E-state index in [0.29, 0.717) is 5.56 Å². The number of carbonyl (C=O) groups is 1. The molecule has 0 atom stereocenters. The van der Waals surface area contributed by atoms with Gasteiger partial charge >= 0.3 is 5.97 Å². The molecule has 1 saturated heterocycles. The number of carboxylic acid groups (broad SMARTS) is 1. The Balaban J connectivity index is 1.91. The van der Waals surface area contributed by atoms with E-state index in [1.165, 1.54) is 19.6 Å². The van der Waals surface area contributed by atoms with Gasteiger partial charge in [-0.05, 0) is 54.5 Å². The maximum Gasteiger partial charge on any atom is 0.335 e. The number of aromatic carboxylic acids is 1. The van der Waals surface area contributed by atoms with Gasteiger partial charge in [0.05, 0.1) is 12.7 Å². The van der Waals surface area contributed by atoms with Crippen LogP contribution < -0.4 is 9.64 Å². The summed E-state index contributed by atoms with van der Waals surface area (Å²) < 4.78 is 19.2. The SMILES string of the molecule is COc1ccc(-c2cnc(N3CCCCC3)c3cc(C(=O)O)ccc23)cc1F. The first-order valence-electron chi connectivity index (χ1n) is 9.33. The number of methoxy groups -OCH3 is 1. The van der Waals surface area contributed by atoms with Crippen LogP contribution in [0, 0.1) is 5.82 Å². The average Bonchev–Trinajstić information content (AvgIpc) is 2.73. The molecule has 2 heterocycles. The summed E-state index contributed by atoms with van der Waals surface area (Å²) in [7, 11) is 1.43. The number of fused-ring (bicyclic) bond motifs is 1. The number of carboxylic acids is 1. The van der Waals surface area contributed by atoms with Gasteiger partial charge in [-0.3, -0.25) is 0 Å². The molecule has 6 heteroatoms. The van der Waals surface area contributed by atoms with E-state index in [1.807, 2.05) is 0 Å². The molecule has 1 aromatic heterocycles. The molecule has 1 aliphatic heterocycles. The van der Waals surface area contributed by atoms with Crippen LogP contribution in [0.3, 0.4) is 0 Å². The number of hydrogen-bond donors (Lipinski definition) is 1. The molecular weight excluding hydrogens is 359 g/mol. The highest BCUT2D eigenvalue weighted by molar-refractivity contribution is 6.05. The molecule has 3 aromatic rings. The van der Waals surface area contributed by atoms with E-state index in [0.717, 1.165) is 48.1 Å². The molecule has 1 fully saturated rings. The smallest absolute Gasteiger partial charge is 0.335 e. The molecule has 1 aliphatic rings. The van der Waals surface area contributed by atoms with Crippen LogP contribution in [0.5, 0.6) is 5.75 Å². The van der Waals surface area contributed by atoms with E-state index < -0.39 is 11.8 Å². The molecule has 28 heavy (non-hydrogen) atoms. The van der Waals surface area contributed by atoms with Crippen molar-refractivity contribution in [1.82, 2.24) is 4.98 Å². The molecule has 144 valence electrons. The zero-order valence-corrected chi connectivity index (χ0v) is 15.6.